The number of rotatable bonds is 8. The standard InChI is InChI=1S/C25H30FN4O5S/c26-22-8-10-23(11-9-22)27-13-15-29(16-14-27)36(34,35)18-24(30(33)19-31)21-7-4-12-28(17-21)25(32)20-5-2-1-3-6-20/h1-3,5-6,8-11,19,21,24H,4,7,12-18H2/q-1. The molecule has 2 fully saturated rings. The topological polar surface area (TPSA) is 104 Å². The smallest absolute Gasteiger partial charge is 0.253 e. The number of halogens is 1. The quantitative estimate of drug-likeness (QED) is 0.393. The van der Waals surface area contributed by atoms with Gasteiger partial charge in [0.15, 0.2) is 6.41 Å². The fourth-order valence-electron chi connectivity index (χ4n) is 4.96. The number of hydroxylamine groups is 2. The molecule has 0 saturated carbocycles. The van der Waals surface area contributed by atoms with Gasteiger partial charge in [-0.25, -0.2) is 12.8 Å². The molecule has 9 nitrogen and oxygen atoms in total. The molecule has 2 aliphatic heterocycles. The highest BCUT2D eigenvalue weighted by atomic mass is 32.2. The van der Waals surface area contributed by atoms with E-state index >= 15 is 0 Å². The Labute approximate surface area is 210 Å². The van der Waals surface area contributed by atoms with Crippen LogP contribution in [0.25, 0.3) is 0 Å². The maximum absolute atomic E-state index is 13.3. The maximum atomic E-state index is 13.3. The Morgan fingerprint density at radius 1 is 1.06 bits per heavy atom. The molecule has 194 valence electrons. The van der Waals surface area contributed by atoms with Crippen molar-refractivity contribution >= 4 is 28.0 Å². The minimum atomic E-state index is -3.85. The number of anilines is 1. The summed E-state index contributed by atoms with van der Waals surface area (Å²) in [5, 5.41) is 12.7. The molecule has 0 N–H and O–H groups in total. The summed E-state index contributed by atoms with van der Waals surface area (Å²) in [5.74, 6) is -1.47. The van der Waals surface area contributed by atoms with Crippen LogP contribution in [0.2, 0.25) is 0 Å². The molecule has 2 amide bonds. The summed E-state index contributed by atoms with van der Waals surface area (Å²) in [5.41, 5.74) is 1.33. The minimum absolute atomic E-state index is 0.116. The normalized spacial score (nSPS) is 20.1. The number of amides is 2. The van der Waals surface area contributed by atoms with Crippen molar-refractivity contribution in [3.63, 3.8) is 0 Å². The largest absolute Gasteiger partial charge is 0.756 e. The second-order valence-corrected chi connectivity index (χ2v) is 11.2. The summed E-state index contributed by atoms with van der Waals surface area (Å²) >= 11 is 0. The predicted octanol–water partition coefficient (Wildman–Crippen LogP) is 2.15. The van der Waals surface area contributed by atoms with Crippen molar-refractivity contribution in [3.8, 4) is 0 Å². The first-order chi connectivity index (χ1) is 17.3. The highest BCUT2D eigenvalue weighted by Gasteiger charge is 2.36. The van der Waals surface area contributed by atoms with E-state index in [0.29, 0.717) is 38.0 Å². The molecule has 0 aromatic heterocycles. The fraction of sp³-hybridized carbons (Fsp3) is 0.440. The van der Waals surface area contributed by atoms with Crippen molar-refractivity contribution < 1.29 is 22.4 Å². The van der Waals surface area contributed by atoms with E-state index in [1.165, 1.54) is 16.4 Å². The van der Waals surface area contributed by atoms with Gasteiger partial charge in [0.2, 0.25) is 10.0 Å². The Hall–Kier alpha value is -3.02. The third-order valence-electron chi connectivity index (χ3n) is 6.95. The summed E-state index contributed by atoms with van der Waals surface area (Å²) in [6.45, 7) is 2.00. The maximum Gasteiger partial charge on any atom is 0.253 e. The van der Waals surface area contributed by atoms with Gasteiger partial charge in [-0.05, 0) is 55.2 Å². The summed E-state index contributed by atoms with van der Waals surface area (Å²) < 4.78 is 41.1. The first-order valence-corrected chi connectivity index (χ1v) is 13.6. The number of carbonyl (C=O) groups excluding carboxylic acids is 2. The number of likely N-dealkylation sites (tertiary alicyclic amines) is 1. The van der Waals surface area contributed by atoms with Gasteiger partial charge < -0.3 is 20.1 Å². The van der Waals surface area contributed by atoms with E-state index in [-0.39, 0.29) is 42.8 Å². The van der Waals surface area contributed by atoms with Gasteiger partial charge in [-0.1, -0.05) is 18.2 Å². The van der Waals surface area contributed by atoms with Crippen LogP contribution in [-0.2, 0) is 14.8 Å². The van der Waals surface area contributed by atoms with E-state index in [9.17, 15) is 27.6 Å². The summed E-state index contributed by atoms with van der Waals surface area (Å²) in [4.78, 5) is 27.9. The van der Waals surface area contributed by atoms with Crippen LogP contribution in [0.3, 0.4) is 0 Å². The SMILES string of the molecule is O=CN([O-])C(CS(=O)(=O)N1CCN(c2ccc(F)cc2)CC1)C1CCCN(C(=O)c2ccccc2)C1. The van der Waals surface area contributed by atoms with E-state index < -0.39 is 27.7 Å². The molecule has 0 spiro atoms. The Kier molecular flexibility index (Phi) is 8.22. The molecule has 2 aromatic rings. The number of piperidine rings is 1. The van der Waals surface area contributed by atoms with Crippen molar-refractivity contribution in [1.29, 1.82) is 0 Å². The zero-order chi connectivity index (χ0) is 25.7. The van der Waals surface area contributed by atoms with Gasteiger partial charge in [-0.15, -0.1) is 0 Å². The third kappa shape index (κ3) is 6.03. The lowest BCUT2D eigenvalue weighted by Crippen LogP contribution is -2.54. The van der Waals surface area contributed by atoms with Gasteiger partial charge in [0.25, 0.3) is 5.91 Å². The van der Waals surface area contributed by atoms with E-state index in [1.807, 2.05) is 11.0 Å². The lowest BCUT2D eigenvalue weighted by molar-refractivity contribution is -0.118. The molecule has 2 saturated heterocycles. The average molecular weight is 518 g/mol. The van der Waals surface area contributed by atoms with Crippen LogP contribution in [-0.4, -0.2) is 86.1 Å². The first-order valence-electron chi connectivity index (χ1n) is 12.0. The Morgan fingerprint density at radius 3 is 2.36 bits per heavy atom. The summed E-state index contributed by atoms with van der Waals surface area (Å²) in [6.07, 6.45) is 1.27. The Bertz CT molecular complexity index is 1140. The number of piperazine rings is 1. The summed E-state index contributed by atoms with van der Waals surface area (Å²) in [6, 6.07) is 13.7. The van der Waals surface area contributed by atoms with Crippen molar-refractivity contribution in [1.82, 2.24) is 14.3 Å². The Morgan fingerprint density at radius 2 is 1.72 bits per heavy atom. The lowest BCUT2D eigenvalue weighted by Gasteiger charge is -2.44. The van der Waals surface area contributed by atoms with Crippen LogP contribution in [0.15, 0.2) is 54.6 Å². The van der Waals surface area contributed by atoms with E-state index in [2.05, 4.69) is 0 Å². The number of nitrogens with zero attached hydrogens (tertiary/aromatic N) is 4. The molecule has 4 rings (SSSR count). The number of hydrogen-bond acceptors (Lipinski definition) is 6. The van der Waals surface area contributed by atoms with Crippen molar-refractivity contribution in [2.24, 2.45) is 5.92 Å². The van der Waals surface area contributed by atoms with Gasteiger partial charge >= 0.3 is 0 Å². The number of hydrogen-bond donors (Lipinski definition) is 0. The number of carbonyl (C=O) groups is 2. The van der Waals surface area contributed by atoms with Crippen molar-refractivity contribution in [2.75, 3.05) is 49.9 Å². The summed E-state index contributed by atoms with van der Waals surface area (Å²) in [7, 11) is -3.85. The molecular weight excluding hydrogens is 487 g/mol. The number of sulfonamides is 1. The van der Waals surface area contributed by atoms with Crippen molar-refractivity contribution in [3.05, 3.63) is 71.2 Å². The van der Waals surface area contributed by atoms with Gasteiger partial charge in [-0.2, -0.15) is 4.31 Å². The zero-order valence-electron chi connectivity index (χ0n) is 19.9. The first kappa shape index (κ1) is 26.1. The molecule has 36 heavy (non-hydrogen) atoms. The fourth-order valence-corrected chi connectivity index (χ4v) is 6.75. The average Bonchev–Trinajstić information content (AvgIpc) is 2.92. The molecule has 2 atom stereocenters. The molecule has 0 bridgehead atoms. The molecule has 0 aliphatic carbocycles. The second-order valence-electron chi connectivity index (χ2n) is 9.19. The highest BCUT2D eigenvalue weighted by molar-refractivity contribution is 7.89. The predicted molar refractivity (Wildman–Crippen MR) is 134 cm³/mol. The lowest BCUT2D eigenvalue weighted by atomic mass is 9.91. The van der Waals surface area contributed by atoms with Gasteiger partial charge in [0.05, 0.1) is 5.75 Å². The van der Waals surface area contributed by atoms with Crippen molar-refractivity contribution in [2.45, 2.75) is 18.9 Å². The highest BCUT2D eigenvalue weighted by Crippen LogP contribution is 2.26. The minimum Gasteiger partial charge on any atom is -0.756 e. The van der Waals surface area contributed by atoms with Gasteiger partial charge in [0, 0.05) is 56.6 Å². The van der Waals surface area contributed by atoms with E-state index in [1.54, 1.807) is 41.3 Å². The Balaban J connectivity index is 1.42. The zero-order valence-corrected chi connectivity index (χ0v) is 20.7. The molecule has 2 unspecified atom stereocenters. The second kappa shape index (κ2) is 11.4. The van der Waals surface area contributed by atoms with Crippen LogP contribution in [0, 0.1) is 16.9 Å². The van der Waals surface area contributed by atoms with Crippen LogP contribution < -0.4 is 4.90 Å². The monoisotopic (exact) mass is 517 g/mol. The molecule has 2 aliphatic rings. The van der Waals surface area contributed by atoms with Crippen LogP contribution in [0.4, 0.5) is 10.1 Å². The van der Waals surface area contributed by atoms with E-state index in [4.69, 9.17) is 0 Å². The molecular formula is C25H30FN4O5S-. The third-order valence-corrected chi connectivity index (χ3v) is 8.86. The number of benzene rings is 2. The molecule has 0 radical (unpaired) electrons. The van der Waals surface area contributed by atoms with Crippen LogP contribution in [0.5, 0.6) is 0 Å². The molecule has 2 heterocycles. The molecule has 2 aromatic carbocycles. The van der Waals surface area contributed by atoms with Crippen LogP contribution in [0.1, 0.15) is 23.2 Å². The van der Waals surface area contributed by atoms with Crippen LogP contribution >= 0.6 is 0 Å². The van der Waals surface area contributed by atoms with Gasteiger partial charge in [-0.3, -0.25) is 9.59 Å². The molecule has 11 heteroatoms. The van der Waals surface area contributed by atoms with Gasteiger partial charge in [0.1, 0.15) is 5.82 Å². The van der Waals surface area contributed by atoms with E-state index in [0.717, 1.165) is 5.69 Å².